The van der Waals surface area contributed by atoms with Crippen molar-refractivity contribution in [3.8, 4) is 0 Å². The minimum atomic E-state index is -0.621. The SMILES string of the molecule is CCNC(=NCC1(O)CCSC1)NC1CCN(Cc2cccc(C)c2)CC1.I. The number of aryl methyl sites for hydroxylation is 1. The van der Waals surface area contributed by atoms with E-state index in [2.05, 4.69) is 58.6 Å². The smallest absolute Gasteiger partial charge is 0.191 e. The van der Waals surface area contributed by atoms with Gasteiger partial charge in [0.15, 0.2) is 5.96 Å². The minimum absolute atomic E-state index is 0. The Kier molecular flexibility index (Phi) is 9.86. The predicted octanol–water partition coefficient (Wildman–Crippen LogP) is 3.00. The van der Waals surface area contributed by atoms with Crippen LogP contribution in [0.5, 0.6) is 0 Å². The zero-order valence-electron chi connectivity index (χ0n) is 17.1. The van der Waals surface area contributed by atoms with Crippen LogP contribution in [0.1, 0.15) is 37.3 Å². The summed E-state index contributed by atoms with van der Waals surface area (Å²) in [4.78, 5) is 7.21. The lowest BCUT2D eigenvalue weighted by molar-refractivity contribution is 0.0778. The van der Waals surface area contributed by atoms with Gasteiger partial charge in [0.1, 0.15) is 0 Å². The van der Waals surface area contributed by atoms with Gasteiger partial charge in [-0.2, -0.15) is 11.8 Å². The van der Waals surface area contributed by atoms with Gasteiger partial charge in [-0.3, -0.25) is 9.89 Å². The first kappa shape index (κ1) is 23.8. The highest BCUT2D eigenvalue weighted by atomic mass is 127. The summed E-state index contributed by atoms with van der Waals surface area (Å²) >= 11 is 1.82. The highest BCUT2D eigenvalue weighted by Gasteiger charge is 2.31. The fraction of sp³-hybridized carbons (Fsp3) is 0.667. The third-order valence-electron chi connectivity index (χ3n) is 5.38. The average molecular weight is 519 g/mol. The van der Waals surface area contributed by atoms with Crippen molar-refractivity contribution in [2.45, 2.75) is 51.3 Å². The van der Waals surface area contributed by atoms with Crippen molar-refractivity contribution < 1.29 is 5.11 Å². The van der Waals surface area contributed by atoms with Crippen LogP contribution >= 0.6 is 35.7 Å². The summed E-state index contributed by atoms with van der Waals surface area (Å²) in [5.41, 5.74) is 2.11. The third kappa shape index (κ3) is 7.39. The summed E-state index contributed by atoms with van der Waals surface area (Å²) in [5, 5.41) is 17.4. The zero-order valence-corrected chi connectivity index (χ0v) is 20.3. The normalized spacial score (nSPS) is 24.0. The van der Waals surface area contributed by atoms with E-state index in [4.69, 9.17) is 0 Å². The first-order valence-electron chi connectivity index (χ1n) is 10.2. The lowest BCUT2D eigenvalue weighted by atomic mass is 10.0. The van der Waals surface area contributed by atoms with Crippen molar-refractivity contribution >= 4 is 41.7 Å². The van der Waals surface area contributed by atoms with E-state index in [0.29, 0.717) is 12.6 Å². The number of aliphatic imine (C=N–C) groups is 1. The van der Waals surface area contributed by atoms with Gasteiger partial charge < -0.3 is 15.7 Å². The maximum atomic E-state index is 10.5. The maximum Gasteiger partial charge on any atom is 0.191 e. The van der Waals surface area contributed by atoms with E-state index in [1.165, 1.54) is 11.1 Å². The van der Waals surface area contributed by atoms with Crippen LogP contribution < -0.4 is 10.6 Å². The number of thioether (sulfide) groups is 1. The molecule has 3 rings (SSSR count). The summed E-state index contributed by atoms with van der Waals surface area (Å²) in [6.07, 6.45) is 3.09. The molecule has 0 spiro atoms. The van der Waals surface area contributed by atoms with E-state index in [-0.39, 0.29) is 24.0 Å². The summed E-state index contributed by atoms with van der Waals surface area (Å²) in [5.74, 6) is 2.68. The molecule has 0 amide bonds. The van der Waals surface area contributed by atoms with Crippen LogP contribution in [0, 0.1) is 6.92 Å². The lowest BCUT2D eigenvalue weighted by Gasteiger charge is -2.33. The first-order valence-corrected chi connectivity index (χ1v) is 11.3. The van der Waals surface area contributed by atoms with Crippen molar-refractivity contribution in [1.29, 1.82) is 0 Å². The summed E-state index contributed by atoms with van der Waals surface area (Å²) < 4.78 is 0. The quantitative estimate of drug-likeness (QED) is 0.307. The van der Waals surface area contributed by atoms with Crippen molar-refractivity contribution in [1.82, 2.24) is 15.5 Å². The number of aliphatic hydroxyl groups is 1. The Morgan fingerprint density at radius 1 is 1.36 bits per heavy atom. The Bertz CT molecular complexity index is 629. The zero-order chi connectivity index (χ0) is 19.1. The van der Waals surface area contributed by atoms with E-state index in [9.17, 15) is 5.11 Å². The number of nitrogens with zero attached hydrogens (tertiary/aromatic N) is 2. The molecular weight excluding hydrogens is 483 g/mol. The number of benzene rings is 1. The van der Waals surface area contributed by atoms with Gasteiger partial charge in [-0.25, -0.2) is 0 Å². The second-order valence-corrected chi connectivity index (χ2v) is 9.01. The Hall–Kier alpha value is -0.510. The molecule has 0 aromatic heterocycles. The Balaban J connectivity index is 0.00000280. The number of rotatable bonds is 6. The van der Waals surface area contributed by atoms with Crippen molar-refractivity contribution in [2.75, 3.05) is 37.7 Å². The van der Waals surface area contributed by atoms with Gasteiger partial charge in [0, 0.05) is 38.0 Å². The molecule has 1 aromatic carbocycles. The monoisotopic (exact) mass is 518 g/mol. The molecule has 7 heteroatoms. The molecule has 1 atom stereocenters. The topological polar surface area (TPSA) is 59.9 Å². The molecule has 2 saturated heterocycles. The van der Waals surface area contributed by atoms with Crippen LogP contribution in [-0.4, -0.2) is 65.3 Å². The maximum absolute atomic E-state index is 10.5. The third-order valence-corrected chi connectivity index (χ3v) is 6.61. The molecular formula is C21H35IN4OS. The molecule has 1 unspecified atom stereocenters. The molecule has 0 bridgehead atoms. The predicted molar refractivity (Wildman–Crippen MR) is 131 cm³/mol. The highest BCUT2D eigenvalue weighted by molar-refractivity contribution is 14.0. The van der Waals surface area contributed by atoms with Crippen LogP contribution in [-0.2, 0) is 6.54 Å². The molecule has 0 saturated carbocycles. The van der Waals surface area contributed by atoms with Crippen molar-refractivity contribution in [3.05, 3.63) is 35.4 Å². The number of nitrogens with one attached hydrogen (secondary N) is 2. The molecule has 0 aliphatic carbocycles. The van der Waals surface area contributed by atoms with Gasteiger partial charge in [0.2, 0.25) is 0 Å². The number of hydrogen-bond acceptors (Lipinski definition) is 4. The van der Waals surface area contributed by atoms with Crippen LogP contribution in [0.2, 0.25) is 0 Å². The number of piperidine rings is 1. The molecule has 28 heavy (non-hydrogen) atoms. The van der Waals surface area contributed by atoms with Crippen LogP contribution in [0.4, 0.5) is 0 Å². The molecule has 2 heterocycles. The first-order chi connectivity index (χ1) is 13.1. The Morgan fingerprint density at radius 2 is 2.14 bits per heavy atom. The van der Waals surface area contributed by atoms with Crippen LogP contribution in [0.25, 0.3) is 0 Å². The van der Waals surface area contributed by atoms with Gasteiger partial charge in [0.25, 0.3) is 0 Å². The molecule has 2 fully saturated rings. The largest absolute Gasteiger partial charge is 0.387 e. The van der Waals surface area contributed by atoms with Gasteiger partial charge in [-0.05, 0) is 44.4 Å². The van der Waals surface area contributed by atoms with E-state index >= 15 is 0 Å². The molecule has 2 aliphatic heterocycles. The molecule has 158 valence electrons. The van der Waals surface area contributed by atoms with E-state index in [1.807, 2.05) is 11.8 Å². The molecule has 5 nitrogen and oxygen atoms in total. The van der Waals surface area contributed by atoms with Gasteiger partial charge >= 0.3 is 0 Å². The number of likely N-dealkylation sites (tertiary alicyclic amines) is 1. The van der Waals surface area contributed by atoms with E-state index in [1.54, 1.807) is 0 Å². The molecule has 0 radical (unpaired) electrons. The van der Waals surface area contributed by atoms with Crippen molar-refractivity contribution in [2.24, 2.45) is 4.99 Å². The van der Waals surface area contributed by atoms with Gasteiger partial charge in [0.05, 0.1) is 12.1 Å². The summed E-state index contributed by atoms with van der Waals surface area (Å²) in [6, 6.07) is 9.26. The second kappa shape index (κ2) is 11.6. The number of hydrogen-bond donors (Lipinski definition) is 3. The van der Waals surface area contributed by atoms with Crippen molar-refractivity contribution in [3.63, 3.8) is 0 Å². The van der Waals surface area contributed by atoms with Gasteiger partial charge in [-0.15, -0.1) is 24.0 Å². The van der Waals surface area contributed by atoms with E-state index in [0.717, 1.165) is 62.9 Å². The average Bonchev–Trinajstić information content (AvgIpc) is 3.09. The van der Waals surface area contributed by atoms with Crippen LogP contribution in [0.15, 0.2) is 29.3 Å². The minimum Gasteiger partial charge on any atom is -0.387 e. The number of guanidine groups is 1. The number of halogens is 1. The standard InChI is InChI=1S/C21H34N4OS.HI/c1-3-22-20(23-15-21(26)9-12-27-16-21)24-19-7-10-25(11-8-19)14-18-6-4-5-17(2)13-18;/h4-6,13,19,26H,3,7-12,14-16H2,1-2H3,(H2,22,23,24);1H. The molecule has 3 N–H and O–H groups in total. The fourth-order valence-electron chi connectivity index (χ4n) is 3.76. The van der Waals surface area contributed by atoms with E-state index < -0.39 is 5.60 Å². The highest BCUT2D eigenvalue weighted by Crippen LogP contribution is 2.27. The lowest BCUT2D eigenvalue weighted by Crippen LogP contribution is -2.49. The van der Waals surface area contributed by atoms with Crippen LogP contribution in [0.3, 0.4) is 0 Å². The fourth-order valence-corrected chi connectivity index (χ4v) is 5.05. The van der Waals surface area contributed by atoms with Gasteiger partial charge in [-0.1, -0.05) is 29.8 Å². The summed E-state index contributed by atoms with van der Waals surface area (Å²) in [6.45, 7) is 8.81. The Labute approximate surface area is 191 Å². The molecule has 2 aliphatic rings. The summed E-state index contributed by atoms with van der Waals surface area (Å²) in [7, 11) is 0. The molecule has 1 aromatic rings. The second-order valence-electron chi connectivity index (χ2n) is 7.91. The Morgan fingerprint density at radius 3 is 2.79 bits per heavy atom.